The van der Waals surface area contributed by atoms with Crippen LogP contribution in [-0.2, 0) is 9.53 Å². The van der Waals surface area contributed by atoms with Gasteiger partial charge in [-0.25, -0.2) is 0 Å². The normalized spacial score (nSPS) is 21.3. The average Bonchev–Trinajstić information content (AvgIpc) is 2.07. The van der Waals surface area contributed by atoms with Gasteiger partial charge in [-0.15, -0.1) is 5.92 Å². The van der Waals surface area contributed by atoms with Crippen LogP contribution < -0.4 is 0 Å². The highest BCUT2D eigenvalue weighted by molar-refractivity contribution is 5.76. The van der Waals surface area contributed by atoms with E-state index in [0.29, 0.717) is 0 Å². The molecule has 2 nitrogen and oxygen atoms in total. The third-order valence-electron chi connectivity index (χ3n) is 1.55. The van der Waals surface area contributed by atoms with E-state index in [0.717, 1.165) is 25.5 Å². The van der Waals surface area contributed by atoms with Gasteiger partial charge < -0.3 is 4.74 Å². The van der Waals surface area contributed by atoms with Gasteiger partial charge in [-0.2, -0.15) is 0 Å². The molecule has 0 radical (unpaired) electrons. The van der Waals surface area contributed by atoms with E-state index >= 15 is 0 Å². The van der Waals surface area contributed by atoms with Gasteiger partial charge in [0.05, 0.1) is 6.26 Å². The van der Waals surface area contributed by atoms with E-state index in [9.17, 15) is 4.79 Å². The molecule has 58 valence electrons. The van der Waals surface area contributed by atoms with Crippen LogP contribution in [0.25, 0.3) is 0 Å². The molecular formula is C9H10O2. The second-order valence-corrected chi connectivity index (χ2v) is 2.37. The summed E-state index contributed by atoms with van der Waals surface area (Å²) in [5, 5.41) is 0. The van der Waals surface area contributed by atoms with Crippen LogP contribution >= 0.6 is 0 Å². The van der Waals surface area contributed by atoms with E-state index in [4.69, 9.17) is 0 Å². The number of carbonyl (C=O) groups is 1. The van der Waals surface area contributed by atoms with Crippen molar-refractivity contribution < 1.29 is 9.53 Å². The smallest absolute Gasteiger partial charge is 0.325 e. The van der Waals surface area contributed by atoms with Crippen molar-refractivity contribution in [3.05, 3.63) is 12.8 Å². The van der Waals surface area contributed by atoms with Crippen molar-refractivity contribution in [2.45, 2.75) is 19.3 Å². The van der Waals surface area contributed by atoms with Crippen molar-refractivity contribution >= 4 is 5.97 Å². The summed E-state index contributed by atoms with van der Waals surface area (Å²) in [7, 11) is 0. The predicted molar refractivity (Wildman–Crippen MR) is 41.4 cm³/mol. The zero-order valence-corrected chi connectivity index (χ0v) is 6.30. The molecule has 0 saturated carbocycles. The molecule has 0 fully saturated rings. The lowest BCUT2D eigenvalue weighted by molar-refractivity contribution is -0.140. The number of carbonyl (C=O) groups excluding carboxylic acids is 1. The van der Waals surface area contributed by atoms with E-state index in [2.05, 4.69) is 23.2 Å². The van der Waals surface area contributed by atoms with Gasteiger partial charge in [-0.3, -0.25) is 4.79 Å². The summed E-state index contributed by atoms with van der Waals surface area (Å²) < 4.78 is 4.60. The lowest BCUT2D eigenvalue weighted by Gasteiger charge is -2.09. The lowest BCUT2D eigenvalue weighted by atomic mass is 9.99. The van der Waals surface area contributed by atoms with Crippen molar-refractivity contribution in [2.75, 3.05) is 0 Å². The molecule has 0 amide bonds. The van der Waals surface area contributed by atoms with Gasteiger partial charge in [0.1, 0.15) is 5.92 Å². The SMILES string of the molecule is C=COC(=O)C1C#CCCC1. The van der Waals surface area contributed by atoms with Gasteiger partial charge in [-0.1, -0.05) is 12.5 Å². The third kappa shape index (κ3) is 2.12. The maximum atomic E-state index is 11.0. The Hall–Kier alpha value is -1.23. The van der Waals surface area contributed by atoms with E-state index in [1.54, 1.807) is 0 Å². The molecule has 1 rings (SSSR count). The van der Waals surface area contributed by atoms with E-state index in [-0.39, 0.29) is 11.9 Å². The maximum absolute atomic E-state index is 11.0. The van der Waals surface area contributed by atoms with Crippen molar-refractivity contribution in [1.82, 2.24) is 0 Å². The fourth-order valence-corrected chi connectivity index (χ4v) is 1.00. The zero-order chi connectivity index (χ0) is 8.10. The van der Waals surface area contributed by atoms with Crippen LogP contribution in [0.2, 0.25) is 0 Å². The van der Waals surface area contributed by atoms with Crippen molar-refractivity contribution in [3.8, 4) is 11.8 Å². The average molecular weight is 150 g/mol. The Morgan fingerprint density at radius 1 is 1.73 bits per heavy atom. The van der Waals surface area contributed by atoms with Gasteiger partial charge >= 0.3 is 5.97 Å². The first kappa shape index (κ1) is 7.87. The minimum Gasteiger partial charge on any atom is -0.434 e. The first-order valence-corrected chi connectivity index (χ1v) is 3.64. The summed E-state index contributed by atoms with van der Waals surface area (Å²) in [6.07, 6.45) is 3.86. The summed E-state index contributed by atoms with van der Waals surface area (Å²) in [6, 6.07) is 0. The highest BCUT2D eigenvalue weighted by Crippen LogP contribution is 2.13. The van der Waals surface area contributed by atoms with Crippen molar-refractivity contribution in [3.63, 3.8) is 0 Å². The molecule has 0 aromatic rings. The van der Waals surface area contributed by atoms with Gasteiger partial charge in [0, 0.05) is 6.42 Å². The van der Waals surface area contributed by atoms with Crippen molar-refractivity contribution in [1.29, 1.82) is 0 Å². The highest BCUT2D eigenvalue weighted by atomic mass is 16.5. The molecular weight excluding hydrogens is 140 g/mol. The summed E-state index contributed by atoms with van der Waals surface area (Å²) >= 11 is 0. The summed E-state index contributed by atoms with van der Waals surface area (Å²) in [6.45, 7) is 3.30. The Labute approximate surface area is 66.2 Å². The van der Waals surface area contributed by atoms with Gasteiger partial charge in [-0.05, 0) is 12.8 Å². The molecule has 1 unspecified atom stereocenters. The molecule has 0 aromatic heterocycles. The third-order valence-corrected chi connectivity index (χ3v) is 1.55. The summed E-state index contributed by atoms with van der Waals surface area (Å²) in [5.74, 6) is 5.23. The first-order valence-electron chi connectivity index (χ1n) is 3.64. The van der Waals surface area contributed by atoms with Crippen molar-refractivity contribution in [2.24, 2.45) is 5.92 Å². The van der Waals surface area contributed by atoms with Crippen LogP contribution in [0.5, 0.6) is 0 Å². The minimum atomic E-state index is -0.271. The van der Waals surface area contributed by atoms with Gasteiger partial charge in [0.15, 0.2) is 0 Å². The molecule has 0 aromatic carbocycles. The molecule has 0 spiro atoms. The lowest BCUT2D eigenvalue weighted by Crippen LogP contribution is -2.15. The van der Waals surface area contributed by atoms with Crippen LogP contribution in [0.4, 0.5) is 0 Å². The molecule has 0 aliphatic heterocycles. The molecule has 0 heterocycles. The Balaban J connectivity index is 2.49. The Morgan fingerprint density at radius 3 is 3.09 bits per heavy atom. The number of hydrogen-bond donors (Lipinski definition) is 0. The largest absolute Gasteiger partial charge is 0.434 e. The standard InChI is InChI=1S/C9H10O2/c1-2-11-9(10)8-6-4-3-5-7-8/h2,8H,1,3-4,6H2. The predicted octanol–water partition coefficient (Wildman–Crippen LogP) is 1.48. The molecule has 11 heavy (non-hydrogen) atoms. The fourth-order valence-electron chi connectivity index (χ4n) is 1.00. The first-order chi connectivity index (χ1) is 5.34. The monoisotopic (exact) mass is 150 g/mol. The number of hydrogen-bond acceptors (Lipinski definition) is 2. The maximum Gasteiger partial charge on any atom is 0.325 e. The van der Waals surface area contributed by atoms with Crippen LogP contribution in [0.1, 0.15) is 19.3 Å². The molecule has 1 aliphatic rings. The zero-order valence-electron chi connectivity index (χ0n) is 6.30. The number of rotatable bonds is 2. The van der Waals surface area contributed by atoms with E-state index in [1.165, 1.54) is 0 Å². The second-order valence-electron chi connectivity index (χ2n) is 2.37. The Kier molecular flexibility index (Phi) is 2.74. The van der Waals surface area contributed by atoms with Gasteiger partial charge in [0.2, 0.25) is 0 Å². The van der Waals surface area contributed by atoms with E-state index in [1.807, 2.05) is 0 Å². The highest BCUT2D eigenvalue weighted by Gasteiger charge is 2.17. The molecule has 0 bridgehead atoms. The van der Waals surface area contributed by atoms with Gasteiger partial charge in [0.25, 0.3) is 0 Å². The quantitative estimate of drug-likeness (QED) is 0.338. The topological polar surface area (TPSA) is 26.3 Å². The summed E-state index contributed by atoms with van der Waals surface area (Å²) in [5.41, 5.74) is 0. The Morgan fingerprint density at radius 2 is 2.55 bits per heavy atom. The summed E-state index contributed by atoms with van der Waals surface area (Å²) in [4.78, 5) is 11.0. The van der Waals surface area contributed by atoms with Crippen LogP contribution in [0.3, 0.4) is 0 Å². The fraction of sp³-hybridized carbons (Fsp3) is 0.444. The number of ether oxygens (including phenoxy) is 1. The molecule has 0 N–H and O–H groups in total. The molecule has 1 aliphatic carbocycles. The van der Waals surface area contributed by atoms with E-state index < -0.39 is 0 Å². The molecule has 1 atom stereocenters. The van der Waals surface area contributed by atoms with Crippen LogP contribution in [0, 0.1) is 17.8 Å². The Bertz CT molecular complexity index is 219. The van der Waals surface area contributed by atoms with Crippen LogP contribution in [-0.4, -0.2) is 5.97 Å². The van der Waals surface area contributed by atoms with Crippen LogP contribution in [0.15, 0.2) is 12.8 Å². The second kappa shape index (κ2) is 3.82. The molecule has 2 heteroatoms. The molecule has 0 saturated heterocycles. The number of esters is 1. The minimum absolute atomic E-state index is 0.221.